The van der Waals surface area contributed by atoms with Crippen molar-refractivity contribution < 1.29 is 4.79 Å². The predicted molar refractivity (Wildman–Crippen MR) is 75.6 cm³/mol. The van der Waals surface area contributed by atoms with Crippen LogP contribution in [0, 0.1) is 5.92 Å². The highest BCUT2D eigenvalue weighted by Crippen LogP contribution is 2.17. The Morgan fingerprint density at radius 1 is 1.50 bits per heavy atom. The monoisotopic (exact) mass is 255 g/mol. The number of nitrogens with one attached hydrogen (secondary N) is 2. The Bertz CT molecular complexity index is 243. The number of likely N-dealkylation sites (tertiary alicyclic amines) is 1. The number of rotatable bonds is 7. The van der Waals surface area contributed by atoms with Crippen LogP contribution in [0.15, 0.2) is 0 Å². The van der Waals surface area contributed by atoms with Gasteiger partial charge >= 0.3 is 0 Å². The Labute approximate surface area is 111 Å². The summed E-state index contributed by atoms with van der Waals surface area (Å²) >= 11 is 0. The molecule has 0 radical (unpaired) electrons. The van der Waals surface area contributed by atoms with Gasteiger partial charge in [0.15, 0.2) is 0 Å². The van der Waals surface area contributed by atoms with Crippen LogP contribution in [-0.2, 0) is 4.79 Å². The van der Waals surface area contributed by atoms with E-state index >= 15 is 0 Å². The van der Waals surface area contributed by atoms with Gasteiger partial charge in [-0.2, -0.15) is 0 Å². The van der Waals surface area contributed by atoms with E-state index in [1.165, 1.54) is 12.8 Å². The Morgan fingerprint density at radius 2 is 2.28 bits per heavy atom. The summed E-state index contributed by atoms with van der Waals surface area (Å²) in [4.78, 5) is 14.3. The largest absolute Gasteiger partial charge is 0.355 e. The highest BCUT2D eigenvalue weighted by Gasteiger charge is 2.26. The first kappa shape index (κ1) is 15.4. The third-order valence-corrected chi connectivity index (χ3v) is 3.80. The molecule has 18 heavy (non-hydrogen) atoms. The van der Waals surface area contributed by atoms with Gasteiger partial charge < -0.3 is 10.6 Å². The van der Waals surface area contributed by atoms with Crippen LogP contribution in [0.1, 0.15) is 39.5 Å². The van der Waals surface area contributed by atoms with E-state index in [4.69, 9.17) is 0 Å². The maximum Gasteiger partial charge on any atom is 0.237 e. The molecule has 1 rings (SSSR count). The molecule has 2 unspecified atom stereocenters. The topological polar surface area (TPSA) is 44.4 Å². The lowest BCUT2D eigenvalue weighted by molar-refractivity contribution is -0.126. The van der Waals surface area contributed by atoms with Gasteiger partial charge in [0.05, 0.1) is 6.04 Å². The molecule has 1 saturated heterocycles. The maximum atomic E-state index is 12.0. The van der Waals surface area contributed by atoms with Gasteiger partial charge in [-0.05, 0) is 52.2 Å². The molecule has 1 aliphatic heterocycles. The van der Waals surface area contributed by atoms with Gasteiger partial charge in [0.1, 0.15) is 0 Å². The van der Waals surface area contributed by atoms with E-state index in [0.717, 1.165) is 39.0 Å². The van der Waals surface area contributed by atoms with Crippen molar-refractivity contribution in [2.75, 3.05) is 33.2 Å². The Balaban J connectivity index is 2.35. The first-order valence-corrected chi connectivity index (χ1v) is 7.35. The van der Waals surface area contributed by atoms with Gasteiger partial charge in [0, 0.05) is 13.1 Å². The fourth-order valence-corrected chi connectivity index (χ4v) is 2.61. The standard InChI is InChI=1S/C14H29N3O/c1-4-5-8-16-14(18)12(2)17-9-6-7-13(11-17)10-15-3/h12-13,15H,4-11H2,1-3H3,(H,16,18). The van der Waals surface area contributed by atoms with E-state index in [1.54, 1.807) is 0 Å². The van der Waals surface area contributed by atoms with Gasteiger partial charge in [-0.3, -0.25) is 9.69 Å². The minimum absolute atomic E-state index is 0.0153. The van der Waals surface area contributed by atoms with E-state index in [9.17, 15) is 4.79 Å². The van der Waals surface area contributed by atoms with Gasteiger partial charge in [-0.15, -0.1) is 0 Å². The number of amides is 1. The minimum Gasteiger partial charge on any atom is -0.355 e. The number of piperidine rings is 1. The van der Waals surface area contributed by atoms with Gasteiger partial charge in [0.2, 0.25) is 5.91 Å². The molecule has 1 heterocycles. The molecule has 0 aromatic heterocycles. The summed E-state index contributed by atoms with van der Waals surface area (Å²) in [5.41, 5.74) is 0. The van der Waals surface area contributed by atoms with Crippen molar-refractivity contribution in [3.05, 3.63) is 0 Å². The number of nitrogens with zero attached hydrogens (tertiary/aromatic N) is 1. The molecule has 0 aromatic carbocycles. The van der Waals surface area contributed by atoms with Crippen molar-refractivity contribution in [1.29, 1.82) is 0 Å². The molecule has 0 spiro atoms. The fourth-order valence-electron chi connectivity index (χ4n) is 2.61. The van der Waals surface area contributed by atoms with E-state index < -0.39 is 0 Å². The zero-order chi connectivity index (χ0) is 13.4. The third-order valence-electron chi connectivity index (χ3n) is 3.80. The number of carbonyl (C=O) groups is 1. The zero-order valence-corrected chi connectivity index (χ0v) is 12.2. The molecule has 2 N–H and O–H groups in total. The summed E-state index contributed by atoms with van der Waals surface area (Å²) in [5, 5.41) is 6.27. The van der Waals surface area contributed by atoms with E-state index in [0.29, 0.717) is 5.92 Å². The summed E-state index contributed by atoms with van der Waals surface area (Å²) in [6.45, 7) is 8.14. The lowest BCUT2D eigenvalue weighted by Crippen LogP contribution is -2.50. The summed E-state index contributed by atoms with van der Waals surface area (Å²) < 4.78 is 0. The molecular weight excluding hydrogens is 226 g/mol. The van der Waals surface area contributed by atoms with Crippen molar-refractivity contribution in [3.63, 3.8) is 0 Å². The summed E-state index contributed by atoms with van der Waals surface area (Å²) in [7, 11) is 2.00. The lowest BCUT2D eigenvalue weighted by atomic mass is 9.96. The fraction of sp³-hybridized carbons (Fsp3) is 0.929. The molecule has 1 fully saturated rings. The van der Waals surface area contributed by atoms with Crippen LogP contribution < -0.4 is 10.6 Å². The second-order valence-corrected chi connectivity index (χ2v) is 5.38. The van der Waals surface area contributed by atoms with Crippen LogP contribution in [0.2, 0.25) is 0 Å². The highest BCUT2D eigenvalue weighted by atomic mass is 16.2. The maximum absolute atomic E-state index is 12.0. The van der Waals surface area contributed by atoms with Crippen LogP contribution >= 0.6 is 0 Å². The minimum atomic E-state index is 0.0153. The molecule has 4 nitrogen and oxygen atoms in total. The number of hydrogen-bond donors (Lipinski definition) is 2. The molecule has 1 aliphatic rings. The SMILES string of the molecule is CCCCNC(=O)C(C)N1CCCC(CNC)C1. The van der Waals surface area contributed by atoms with Crippen LogP contribution in [0.5, 0.6) is 0 Å². The van der Waals surface area contributed by atoms with Crippen molar-refractivity contribution in [2.45, 2.75) is 45.6 Å². The molecule has 0 saturated carbocycles. The van der Waals surface area contributed by atoms with Gasteiger partial charge in [-0.25, -0.2) is 0 Å². The van der Waals surface area contributed by atoms with E-state index in [2.05, 4.69) is 22.5 Å². The van der Waals surface area contributed by atoms with Gasteiger partial charge in [0.25, 0.3) is 0 Å². The van der Waals surface area contributed by atoms with Crippen molar-refractivity contribution in [3.8, 4) is 0 Å². The van der Waals surface area contributed by atoms with Crippen molar-refractivity contribution in [2.24, 2.45) is 5.92 Å². The predicted octanol–water partition coefficient (Wildman–Crippen LogP) is 1.22. The average Bonchev–Trinajstić information content (AvgIpc) is 2.39. The molecular formula is C14H29N3O. The smallest absolute Gasteiger partial charge is 0.237 e. The summed E-state index contributed by atoms with van der Waals surface area (Å²) in [6, 6.07) is 0.0153. The van der Waals surface area contributed by atoms with E-state index in [-0.39, 0.29) is 11.9 Å². The first-order valence-electron chi connectivity index (χ1n) is 7.35. The van der Waals surface area contributed by atoms with Crippen molar-refractivity contribution in [1.82, 2.24) is 15.5 Å². The second kappa shape index (κ2) is 8.48. The normalized spacial score (nSPS) is 22.7. The van der Waals surface area contributed by atoms with Crippen LogP contribution in [-0.4, -0.2) is 50.1 Å². The molecule has 0 aromatic rings. The van der Waals surface area contributed by atoms with E-state index in [1.807, 2.05) is 14.0 Å². The lowest BCUT2D eigenvalue weighted by Gasteiger charge is -2.36. The second-order valence-electron chi connectivity index (χ2n) is 5.38. The Kier molecular flexibility index (Phi) is 7.28. The number of unbranched alkanes of at least 4 members (excludes halogenated alkanes) is 1. The molecule has 4 heteroatoms. The van der Waals surface area contributed by atoms with Crippen LogP contribution in [0.4, 0.5) is 0 Å². The Morgan fingerprint density at radius 3 is 2.94 bits per heavy atom. The van der Waals surface area contributed by atoms with Crippen LogP contribution in [0.3, 0.4) is 0 Å². The zero-order valence-electron chi connectivity index (χ0n) is 12.2. The number of carbonyl (C=O) groups excluding carboxylic acids is 1. The molecule has 106 valence electrons. The molecule has 2 atom stereocenters. The summed E-state index contributed by atoms with van der Waals surface area (Å²) in [6.07, 6.45) is 4.68. The number of hydrogen-bond acceptors (Lipinski definition) is 3. The molecule has 0 bridgehead atoms. The quantitative estimate of drug-likeness (QED) is 0.672. The Hall–Kier alpha value is -0.610. The average molecular weight is 255 g/mol. The molecule has 1 amide bonds. The molecule has 0 aliphatic carbocycles. The first-order chi connectivity index (χ1) is 8.69. The van der Waals surface area contributed by atoms with Gasteiger partial charge in [-0.1, -0.05) is 13.3 Å². The van der Waals surface area contributed by atoms with Crippen LogP contribution in [0.25, 0.3) is 0 Å². The van der Waals surface area contributed by atoms with Crippen molar-refractivity contribution >= 4 is 5.91 Å². The third kappa shape index (κ3) is 4.94. The highest BCUT2D eigenvalue weighted by molar-refractivity contribution is 5.81. The summed E-state index contributed by atoms with van der Waals surface area (Å²) in [5.74, 6) is 0.878.